The van der Waals surface area contributed by atoms with E-state index >= 15 is 0 Å². The molecule has 0 amide bonds. The molecule has 0 spiro atoms. The van der Waals surface area contributed by atoms with Gasteiger partial charge in [-0.15, -0.1) is 0 Å². The summed E-state index contributed by atoms with van der Waals surface area (Å²) >= 11 is 0. The number of nitrogens with zero attached hydrogens (tertiary/aromatic N) is 2. The molecule has 2 aromatic rings. The summed E-state index contributed by atoms with van der Waals surface area (Å²) in [6.07, 6.45) is 4.82. The SMILES string of the molecule is CCc1ccc(CNc2nccn2C)cc1. The number of aryl methyl sites for hydroxylation is 2. The van der Waals surface area contributed by atoms with E-state index in [2.05, 4.69) is 41.5 Å². The van der Waals surface area contributed by atoms with Crippen molar-refractivity contribution >= 4 is 5.95 Å². The van der Waals surface area contributed by atoms with E-state index in [4.69, 9.17) is 0 Å². The van der Waals surface area contributed by atoms with Gasteiger partial charge in [0.05, 0.1) is 0 Å². The Kier molecular flexibility index (Phi) is 3.25. The predicted octanol–water partition coefficient (Wildman–Crippen LogP) is 2.59. The third-order valence-electron chi connectivity index (χ3n) is 2.70. The van der Waals surface area contributed by atoms with Crippen LogP contribution in [0.5, 0.6) is 0 Å². The lowest BCUT2D eigenvalue weighted by molar-refractivity contribution is 0.900. The van der Waals surface area contributed by atoms with E-state index in [0.29, 0.717) is 0 Å². The van der Waals surface area contributed by atoms with Crippen molar-refractivity contribution in [1.82, 2.24) is 9.55 Å². The van der Waals surface area contributed by atoms with Crippen LogP contribution in [0.2, 0.25) is 0 Å². The van der Waals surface area contributed by atoms with Gasteiger partial charge >= 0.3 is 0 Å². The van der Waals surface area contributed by atoms with Gasteiger partial charge in [-0.1, -0.05) is 31.2 Å². The van der Waals surface area contributed by atoms with Crippen molar-refractivity contribution in [1.29, 1.82) is 0 Å². The average Bonchev–Trinajstić information content (AvgIpc) is 2.73. The van der Waals surface area contributed by atoms with Gasteiger partial charge in [0.2, 0.25) is 5.95 Å². The topological polar surface area (TPSA) is 29.9 Å². The van der Waals surface area contributed by atoms with Crippen molar-refractivity contribution in [3.05, 3.63) is 47.8 Å². The molecule has 0 unspecified atom stereocenters. The van der Waals surface area contributed by atoms with Gasteiger partial charge in [0.15, 0.2) is 0 Å². The summed E-state index contributed by atoms with van der Waals surface area (Å²) in [5, 5.41) is 3.30. The van der Waals surface area contributed by atoms with Crippen LogP contribution in [0.1, 0.15) is 18.1 Å². The third kappa shape index (κ3) is 2.42. The minimum atomic E-state index is 0.814. The van der Waals surface area contributed by atoms with Crippen LogP contribution in [-0.4, -0.2) is 9.55 Å². The molecule has 2 rings (SSSR count). The minimum absolute atomic E-state index is 0.814. The molecular weight excluding hydrogens is 198 g/mol. The number of hydrogen-bond donors (Lipinski definition) is 1. The highest BCUT2D eigenvalue weighted by Gasteiger charge is 1.98. The lowest BCUT2D eigenvalue weighted by Gasteiger charge is -2.06. The first-order valence-corrected chi connectivity index (χ1v) is 5.58. The first-order valence-electron chi connectivity index (χ1n) is 5.58. The highest BCUT2D eigenvalue weighted by Crippen LogP contribution is 2.08. The van der Waals surface area contributed by atoms with E-state index in [1.54, 1.807) is 6.20 Å². The molecule has 0 bridgehead atoms. The number of nitrogens with one attached hydrogen (secondary N) is 1. The summed E-state index contributed by atoms with van der Waals surface area (Å²) in [6.45, 7) is 2.98. The van der Waals surface area contributed by atoms with Gasteiger partial charge in [0, 0.05) is 26.0 Å². The second-order valence-corrected chi connectivity index (χ2v) is 3.89. The Morgan fingerprint density at radius 3 is 2.44 bits per heavy atom. The quantitative estimate of drug-likeness (QED) is 0.849. The molecule has 0 aliphatic rings. The van der Waals surface area contributed by atoms with Crippen LogP contribution in [0.15, 0.2) is 36.7 Å². The fourth-order valence-electron chi connectivity index (χ4n) is 1.61. The minimum Gasteiger partial charge on any atom is -0.352 e. The van der Waals surface area contributed by atoms with Crippen molar-refractivity contribution in [3.8, 4) is 0 Å². The first-order chi connectivity index (χ1) is 7.79. The van der Waals surface area contributed by atoms with Crippen LogP contribution in [0, 0.1) is 0 Å². The van der Waals surface area contributed by atoms with Crippen LogP contribution >= 0.6 is 0 Å². The number of aromatic nitrogens is 2. The van der Waals surface area contributed by atoms with Crippen LogP contribution in [0.4, 0.5) is 5.95 Å². The number of hydrogen-bond acceptors (Lipinski definition) is 2. The number of anilines is 1. The maximum absolute atomic E-state index is 4.22. The highest BCUT2D eigenvalue weighted by atomic mass is 15.2. The number of benzene rings is 1. The van der Waals surface area contributed by atoms with Crippen molar-refractivity contribution in [2.75, 3.05) is 5.32 Å². The van der Waals surface area contributed by atoms with E-state index in [0.717, 1.165) is 18.9 Å². The molecule has 16 heavy (non-hydrogen) atoms. The Bertz CT molecular complexity index is 442. The molecular formula is C13H17N3. The Labute approximate surface area is 96.1 Å². The molecule has 0 fully saturated rings. The molecule has 0 atom stereocenters. The summed E-state index contributed by atoms with van der Waals surface area (Å²) in [5.41, 5.74) is 2.65. The van der Waals surface area contributed by atoms with E-state index in [1.807, 2.05) is 17.8 Å². The van der Waals surface area contributed by atoms with E-state index < -0.39 is 0 Å². The second kappa shape index (κ2) is 4.84. The Balaban J connectivity index is 1.97. The molecule has 1 heterocycles. The lowest BCUT2D eigenvalue weighted by atomic mass is 10.1. The fraction of sp³-hybridized carbons (Fsp3) is 0.308. The standard InChI is InChI=1S/C13H17N3/c1-3-11-4-6-12(7-5-11)10-15-13-14-8-9-16(13)2/h4-9H,3,10H2,1-2H3,(H,14,15). The number of rotatable bonds is 4. The molecule has 1 aromatic heterocycles. The zero-order chi connectivity index (χ0) is 11.4. The van der Waals surface area contributed by atoms with Crippen molar-refractivity contribution in [2.24, 2.45) is 7.05 Å². The molecule has 1 N–H and O–H groups in total. The Hall–Kier alpha value is -1.77. The van der Waals surface area contributed by atoms with Gasteiger partial charge < -0.3 is 9.88 Å². The van der Waals surface area contributed by atoms with Gasteiger partial charge in [-0.25, -0.2) is 4.98 Å². The summed E-state index contributed by atoms with van der Waals surface area (Å²) in [5.74, 6) is 0.902. The Morgan fingerprint density at radius 1 is 1.19 bits per heavy atom. The maximum atomic E-state index is 4.22. The Morgan fingerprint density at radius 2 is 1.88 bits per heavy atom. The van der Waals surface area contributed by atoms with Crippen molar-refractivity contribution in [3.63, 3.8) is 0 Å². The highest BCUT2D eigenvalue weighted by molar-refractivity contribution is 5.30. The van der Waals surface area contributed by atoms with Gasteiger partial charge in [-0.2, -0.15) is 0 Å². The molecule has 0 radical (unpaired) electrons. The van der Waals surface area contributed by atoms with Crippen LogP contribution in [0.3, 0.4) is 0 Å². The van der Waals surface area contributed by atoms with Gasteiger partial charge in [0.25, 0.3) is 0 Å². The van der Waals surface area contributed by atoms with Gasteiger partial charge in [-0.05, 0) is 17.5 Å². The van der Waals surface area contributed by atoms with E-state index in [9.17, 15) is 0 Å². The van der Waals surface area contributed by atoms with E-state index in [1.165, 1.54) is 11.1 Å². The van der Waals surface area contributed by atoms with Gasteiger partial charge in [0.1, 0.15) is 0 Å². The smallest absolute Gasteiger partial charge is 0.202 e. The first kappa shape index (κ1) is 10.7. The number of imidazole rings is 1. The molecule has 1 aromatic carbocycles. The third-order valence-corrected chi connectivity index (χ3v) is 2.70. The largest absolute Gasteiger partial charge is 0.352 e. The molecule has 3 heteroatoms. The zero-order valence-corrected chi connectivity index (χ0v) is 9.77. The van der Waals surface area contributed by atoms with E-state index in [-0.39, 0.29) is 0 Å². The zero-order valence-electron chi connectivity index (χ0n) is 9.77. The lowest BCUT2D eigenvalue weighted by Crippen LogP contribution is -2.04. The summed E-state index contributed by atoms with van der Waals surface area (Å²) < 4.78 is 1.97. The summed E-state index contributed by atoms with van der Waals surface area (Å²) in [4.78, 5) is 4.22. The molecule has 0 aliphatic carbocycles. The normalized spacial score (nSPS) is 10.4. The van der Waals surface area contributed by atoms with Crippen LogP contribution in [0.25, 0.3) is 0 Å². The molecule has 3 nitrogen and oxygen atoms in total. The van der Waals surface area contributed by atoms with Crippen LogP contribution in [-0.2, 0) is 20.0 Å². The molecule has 0 aliphatic heterocycles. The average molecular weight is 215 g/mol. The molecule has 0 saturated heterocycles. The molecule has 84 valence electrons. The summed E-state index contributed by atoms with van der Waals surface area (Å²) in [6, 6.07) is 8.68. The second-order valence-electron chi connectivity index (χ2n) is 3.89. The van der Waals surface area contributed by atoms with Crippen LogP contribution < -0.4 is 5.32 Å². The van der Waals surface area contributed by atoms with Gasteiger partial charge in [-0.3, -0.25) is 0 Å². The monoisotopic (exact) mass is 215 g/mol. The molecule has 0 saturated carbocycles. The van der Waals surface area contributed by atoms with Crippen molar-refractivity contribution in [2.45, 2.75) is 19.9 Å². The maximum Gasteiger partial charge on any atom is 0.202 e. The predicted molar refractivity (Wildman–Crippen MR) is 66.4 cm³/mol. The fourth-order valence-corrected chi connectivity index (χ4v) is 1.61. The summed E-state index contributed by atoms with van der Waals surface area (Å²) in [7, 11) is 1.98. The van der Waals surface area contributed by atoms with Crippen molar-refractivity contribution < 1.29 is 0 Å².